The van der Waals surface area contributed by atoms with Gasteiger partial charge in [-0.25, -0.2) is 4.98 Å². The molecule has 1 aromatic carbocycles. The molecule has 1 amide bonds. The lowest BCUT2D eigenvalue weighted by Crippen LogP contribution is -2.08. The molecule has 3 heterocycles. The van der Waals surface area contributed by atoms with Crippen molar-refractivity contribution in [1.29, 1.82) is 0 Å². The SMILES string of the molecule is Cn1cc(-c2ccncc2C=CC(=O)Nc2ccc(Cn3ccnc3)cc2)cn1. The third-order valence-corrected chi connectivity index (χ3v) is 4.43. The minimum absolute atomic E-state index is 0.201. The molecule has 0 radical (unpaired) electrons. The maximum Gasteiger partial charge on any atom is 0.248 e. The minimum atomic E-state index is -0.201. The van der Waals surface area contributed by atoms with E-state index in [0.717, 1.165) is 34.5 Å². The number of nitrogens with one attached hydrogen (secondary N) is 1. The summed E-state index contributed by atoms with van der Waals surface area (Å²) in [5.74, 6) is -0.201. The Morgan fingerprint density at radius 1 is 1.10 bits per heavy atom. The topological polar surface area (TPSA) is 77.6 Å². The summed E-state index contributed by atoms with van der Waals surface area (Å²) in [7, 11) is 1.87. The highest BCUT2D eigenvalue weighted by atomic mass is 16.1. The van der Waals surface area contributed by atoms with E-state index >= 15 is 0 Å². The van der Waals surface area contributed by atoms with Gasteiger partial charge in [-0.05, 0) is 35.4 Å². The fourth-order valence-electron chi connectivity index (χ4n) is 3.00. The van der Waals surface area contributed by atoms with Crippen LogP contribution in [0.15, 0.2) is 79.9 Å². The molecule has 1 N–H and O–H groups in total. The van der Waals surface area contributed by atoms with Crippen LogP contribution >= 0.6 is 0 Å². The fourth-order valence-corrected chi connectivity index (χ4v) is 3.00. The number of aryl methyl sites for hydroxylation is 1. The molecule has 7 heteroatoms. The van der Waals surface area contributed by atoms with Crippen molar-refractivity contribution in [2.75, 3.05) is 5.32 Å². The van der Waals surface area contributed by atoms with Crippen LogP contribution in [0.4, 0.5) is 5.69 Å². The van der Waals surface area contributed by atoms with Crippen molar-refractivity contribution in [2.24, 2.45) is 7.05 Å². The quantitative estimate of drug-likeness (QED) is 0.517. The molecule has 0 fully saturated rings. The number of hydrogen-bond acceptors (Lipinski definition) is 4. The van der Waals surface area contributed by atoms with Crippen LogP contribution in [0.5, 0.6) is 0 Å². The highest BCUT2D eigenvalue weighted by Crippen LogP contribution is 2.23. The molecule has 0 unspecified atom stereocenters. The van der Waals surface area contributed by atoms with E-state index in [4.69, 9.17) is 0 Å². The van der Waals surface area contributed by atoms with E-state index in [1.165, 1.54) is 6.08 Å². The van der Waals surface area contributed by atoms with Crippen LogP contribution in [0.2, 0.25) is 0 Å². The van der Waals surface area contributed by atoms with Gasteiger partial charge < -0.3 is 9.88 Å². The molecule has 144 valence electrons. The summed E-state index contributed by atoms with van der Waals surface area (Å²) in [5, 5.41) is 7.08. The summed E-state index contributed by atoms with van der Waals surface area (Å²) in [6.45, 7) is 0.742. The lowest BCUT2D eigenvalue weighted by Gasteiger charge is -2.06. The number of carbonyl (C=O) groups excluding carboxylic acids is 1. The van der Waals surface area contributed by atoms with Crippen LogP contribution in [0.25, 0.3) is 17.2 Å². The van der Waals surface area contributed by atoms with E-state index in [1.54, 1.807) is 41.9 Å². The molecule has 7 nitrogen and oxygen atoms in total. The Morgan fingerprint density at radius 2 is 1.97 bits per heavy atom. The lowest BCUT2D eigenvalue weighted by molar-refractivity contribution is -0.111. The van der Waals surface area contributed by atoms with Crippen LogP contribution in [0.1, 0.15) is 11.1 Å². The molecule has 29 heavy (non-hydrogen) atoms. The second kappa shape index (κ2) is 8.35. The average Bonchev–Trinajstić information content (AvgIpc) is 3.40. The van der Waals surface area contributed by atoms with E-state index in [-0.39, 0.29) is 5.91 Å². The Balaban J connectivity index is 1.42. The van der Waals surface area contributed by atoms with Gasteiger partial charge in [0.1, 0.15) is 0 Å². The molecule has 0 aliphatic heterocycles. The molecule has 3 aromatic heterocycles. The minimum Gasteiger partial charge on any atom is -0.333 e. The number of benzene rings is 1. The van der Waals surface area contributed by atoms with Crippen LogP contribution < -0.4 is 5.32 Å². The van der Waals surface area contributed by atoms with Gasteiger partial charge in [0.25, 0.3) is 0 Å². The first-order chi connectivity index (χ1) is 14.2. The van der Waals surface area contributed by atoms with Gasteiger partial charge in [0.05, 0.1) is 12.5 Å². The number of nitrogens with zero attached hydrogens (tertiary/aromatic N) is 5. The van der Waals surface area contributed by atoms with Crippen molar-refractivity contribution in [1.82, 2.24) is 24.3 Å². The van der Waals surface area contributed by atoms with Gasteiger partial charge in [0, 0.05) is 67.5 Å². The van der Waals surface area contributed by atoms with Crippen LogP contribution in [0.3, 0.4) is 0 Å². The summed E-state index contributed by atoms with van der Waals surface area (Å²) in [6.07, 6.45) is 15.9. The second-order valence-corrected chi connectivity index (χ2v) is 6.62. The molecule has 0 atom stereocenters. The largest absolute Gasteiger partial charge is 0.333 e. The number of pyridine rings is 1. The highest BCUT2D eigenvalue weighted by molar-refractivity contribution is 6.02. The Morgan fingerprint density at radius 3 is 2.69 bits per heavy atom. The average molecular weight is 384 g/mol. The summed E-state index contributed by atoms with van der Waals surface area (Å²) in [4.78, 5) is 20.5. The monoisotopic (exact) mass is 384 g/mol. The standard InChI is InChI=1S/C22H20N6O/c1-27-15-19(13-25-27)21-8-9-23-12-18(21)4-7-22(29)26-20-5-2-17(3-6-20)14-28-11-10-24-16-28/h2-13,15-16H,14H2,1H3,(H,26,29). The summed E-state index contributed by atoms with van der Waals surface area (Å²) in [6, 6.07) is 9.67. The summed E-state index contributed by atoms with van der Waals surface area (Å²) < 4.78 is 3.73. The van der Waals surface area contributed by atoms with E-state index in [9.17, 15) is 4.79 Å². The number of amides is 1. The van der Waals surface area contributed by atoms with E-state index in [1.807, 2.05) is 54.3 Å². The van der Waals surface area contributed by atoms with Gasteiger partial charge in [-0.15, -0.1) is 0 Å². The number of aromatic nitrogens is 5. The lowest BCUT2D eigenvalue weighted by atomic mass is 10.0. The van der Waals surface area contributed by atoms with E-state index in [2.05, 4.69) is 20.4 Å². The first-order valence-corrected chi connectivity index (χ1v) is 9.14. The molecule has 0 bridgehead atoms. The van der Waals surface area contributed by atoms with E-state index in [0.29, 0.717) is 0 Å². The van der Waals surface area contributed by atoms with Crippen LogP contribution in [-0.2, 0) is 18.4 Å². The van der Waals surface area contributed by atoms with Crippen molar-refractivity contribution >= 4 is 17.7 Å². The number of carbonyl (C=O) groups is 1. The fraction of sp³-hybridized carbons (Fsp3) is 0.0909. The van der Waals surface area contributed by atoms with Crippen molar-refractivity contribution in [3.63, 3.8) is 0 Å². The second-order valence-electron chi connectivity index (χ2n) is 6.62. The normalized spacial score (nSPS) is 11.1. The van der Waals surface area contributed by atoms with Crippen molar-refractivity contribution in [3.05, 3.63) is 91.0 Å². The molecule has 0 aliphatic rings. The summed E-state index contributed by atoms with van der Waals surface area (Å²) in [5.41, 5.74) is 4.68. The first kappa shape index (κ1) is 18.4. The molecular weight excluding hydrogens is 364 g/mol. The third-order valence-electron chi connectivity index (χ3n) is 4.43. The van der Waals surface area contributed by atoms with Crippen LogP contribution in [0, 0.1) is 0 Å². The van der Waals surface area contributed by atoms with Gasteiger partial charge in [-0.1, -0.05) is 12.1 Å². The number of imidazole rings is 1. The molecule has 0 saturated carbocycles. The Kier molecular flexibility index (Phi) is 5.29. The Labute approximate surface area is 168 Å². The molecular formula is C22H20N6O. The van der Waals surface area contributed by atoms with Crippen molar-refractivity contribution in [3.8, 4) is 11.1 Å². The number of anilines is 1. The smallest absolute Gasteiger partial charge is 0.248 e. The van der Waals surface area contributed by atoms with Crippen molar-refractivity contribution < 1.29 is 4.79 Å². The zero-order valence-electron chi connectivity index (χ0n) is 15.9. The third kappa shape index (κ3) is 4.65. The highest BCUT2D eigenvalue weighted by Gasteiger charge is 2.06. The predicted octanol–water partition coefficient (Wildman–Crippen LogP) is 3.38. The van der Waals surface area contributed by atoms with Gasteiger partial charge in [-0.2, -0.15) is 5.10 Å². The van der Waals surface area contributed by atoms with Gasteiger partial charge in [0.2, 0.25) is 5.91 Å². The van der Waals surface area contributed by atoms with Crippen molar-refractivity contribution in [2.45, 2.75) is 6.54 Å². The van der Waals surface area contributed by atoms with Gasteiger partial charge in [0.15, 0.2) is 0 Å². The molecule has 0 saturated heterocycles. The predicted molar refractivity (Wildman–Crippen MR) is 112 cm³/mol. The zero-order chi connectivity index (χ0) is 20.1. The van der Waals surface area contributed by atoms with Gasteiger partial charge >= 0.3 is 0 Å². The van der Waals surface area contributed by atoms with Gasteiger partial charge in [-0.3, -0.25) is 14.5 Å². The molecule has 0 spiro atoms. The van der Waals surface area contributed by atoms with Crippen LogP contribution in [-0.4, -0.2) is 30.2 Å². The first-order valence-electron chi connectivity index (χ1n) is 9.14. The van der Waals surface area contributed by atoms with E-state index < -0.39 is 0 Å². The number of rotatable bonds is 6. The molecule has 4 rings (SSSR count). The Bertz CT molecular complexity index is 1130. The molecule has 4 aromatic rings. The zero-order valence-corrected chi connectivity index (χ0v) is 15.9. The molecule has 0 aliphatic carbocycles. The number of hydrogen-bond donors (Lipinski definition) is 1. The Hall–Kier alpha value is -4.00. The maximum absolute atomic E-state index is 12.3. The summed E-state index contributed by atoms with van der Waals surface area (Å²) >= 11 is 0. The maximum atomic E-state index is 12.3.